The monoisotopic (exact) mass is 471 g/mol. The Morgan fingerprint density at radius 3 is 2.69 bits per heavy atom. The molecule has 2 aromatic carbocycles. The quantitative estimate of drug-likeness (QED) is 0.515. The lowest BCUT2D eigenvalue weighted by molar-refractivity contribution is -0.128. The molecular weight excluding hydrogens is 446 g/mol. The molecule has 0 spiro atoms. The highest BCUT2D eigenvalue weighted by Crippen LogP contribution is 2.26. The predicted molar refractivity (Wildman–Crippen MR) is 128 cm³/mol. The van der Waals surface area contributed by atoms with Gasteiger partial charge in [0.25, 0.3) is 5.91 Å². The second-order valence-electron chi connectivity index (χ2n) is 8.26. The molecule has 3 aromatic rings. The maximum atomic E-state index is 12.8. The summed E-state index contributed by atoms with van der Waals surface area (Å²) in [6.45, 7) is 6.03. The van der Waals surface area contributed by atoms with Crippen LogP contribution in [-0.4, -0.2) is 35.0 Å². The highest BCUT2D eigenvalue weighted by Gasteiger charge is 2.31. The largest absolute Gasteiger partial charge is 0.497 e. The number of methoxy groups -OCH3 is 1. The number of rotatable bonds is 7. The average Bonchev–Trinajstić information content (AvgIpc) is 3.21. The van der Waals surface area contributed by atoms with E-state index in [9.17, 15) is 4.79 Å². The van der Waals surface area contributed by atoms with Crippen LogP contribution in [0.3, 0.4) is 0 Å². The first kappa shape index (κ1) is 22.6. The third-order valence-electron chi connectivity index (χ3n) is 5.40. The molecule has 4 rings (SSSR count). The molecule has 0 saturated heterocycles. The van der Waals surface area contributed by atoms with Crippen molar-refractivity contribution in [2.75, 3.05) is 19.0 Å². The van der Waals surface area contributed by atoms with E-state index in [2.05, 4.69) is 27.3 Å². The van der Waals surface area contributed by atoms with E-state index in [0.29, 0.717) is 15.9 Å². The maximum Gasteiger partial charge on any atom is 0.269 e. The number of amides is 1. The smallest absolute Gasteiger partial charge is 0.269 e. The normalized spacial score (nSPS) is 14.0. The molecule has 32 heavy (non-hydrogen) atoms. The Morgan fingerprint density at radius 1 is 1.19 bits per heavy atom. The van der Waals surface area contributed by atoms with E-state index < -0.39 is 5.60 Å². The molecule has 1 N–H and O–H groups in total. The highest BCUT2D eigenvalue weighted by molar-refractivity contribution is 7.13. The van der Waals surface area contributed by atoms with Gasteiger partial charge in [-0.05, 0) is 67.8 Å². The Hall–Kier alpha value is -2.61. The first-order chi connectivity index (χ1) is 15.3. The average molecular weight is 472 g/mol. The van der Waals surface area contributed by atoms with E-state index in [4.69, 9.17) is 21.1 Å². The summed E-state index contributed by atoms with van der Waals surface area (Å²) < 4.78 is 11.2. The number of hydrogen-bond acceptors (Lipinski definition) is 6. The van der Waals surface area contributed by atoms with Crippen LogP contribution in [-0.2, 0) is 24.3 Å². The number of nitrogens with zero attached hydrogens (tertiary/aromatic N) is 2. The van der Waals surface area contributed by atoms with Gasteiger partial charge in [-0.2, -0.15) is 0 Å². The molecule has 1 aromatic heterocycles. The summed E-state index contributed by atoms with van der Waals surface area (Å²) in [5, 5.41) is 6.06. The molecule has 1 amide bonds. The number of carbonyl (C=O) groups excluding carboxylic acids is 1. The Kier molecular flexibility index (Phi) is 6.69. The SMILES string of the molecule is COc1ccc2c(c1)CCN(Cc1csc(NC(=O)C(C)(C)Oc3ccc(Cl)cc3)n1)C2. The maximum absolute atomic E-state index is 12.8. The van der Waals surface area contributed by atoms with Crippen LogP contribution >= 0.6 is 22.9 Å². The highest BCUT2D eigenvalue weighted by atomic mass is 35.5. The van der Waals surface area contributed by atoms with Crippen molar-refractivity contribution in [1.29, 1.82) is 0 Å². The van der Waals surface area contributed by atoms with Crippen molar-refractivity contribution in [3.05, 3.63) is 69.7 Å². The molecule has 1 aliphatic heterocycles. The number of aromatic nitrogens is 1. The van der Waals surface area contributed by atoms with E-state index in [1.165, 1.54) is 22.5 Å². The fraction of sp³-hybridized carbons (Fsp3) is 0.333. The lowest BCUT2D eigenvalue weighted by Crippen LogP contribution is -2.42. The van der Waals surface area contributed by atoms with Gasteiger partial charge in [0.15, 0.2) is 10.7 Å². The molecule has 0 fully saturated rings. The molecule has 0 unspecified atom stereocenters. The number of hydrogen-bond donors (Lipinski definition) is 1. The fourth-order valence-electron chi connectivity index (χ4n) is 3.61. The zero-order valence-corrected chi connectivity index (χ0v) is 19.9. The van der Waals surface area contributed by atoms with Gasteiger partial charge in [0.1, 0.15) is 11.5 Å². The van der Waals surface area contributed by atoms with E-state index >= 15 is 0 Å². The number of halogens is 1. The van der Waals surface area contributed by atoms with Crippen molar-refractivity contribution in [2.24, 2.45) is 0 Å². The van der Waals surface area contributed by atoms with Gasteiger partial charge in [-0.1, -0.05) is 17.7 Å². The lowest BCUT2D eigenvalue weighted by Gasteiger charge is -2.28. The number of ether oxygens (including phenoxy) is 2. The van der Waals surface area contributed by atoms with Gasteiger partial charge >= 0.3 is 0 Å². The van der Waals surface area contributed by atoms with Crippen LogP contribution in [0.1, 0.15) is 30.7 Å². The Labute approximate surface area is 197 Å². The van der Waals surface area contributed by atoms with E-state index in [0.717, 1.165) is 37.5 Å². The second kappa shape index (κ2) is 9.48. The van der Waals surface area contributed by atoms with Gasteiger partial charge in [0, 0.05) is 30.0 Å². The summed E-state index contributed by atoms with van der Waals surface area (Å²) in [6, 6.07) is 13.2. The summed E-state index contributed by atoms with van der Waals surface area (Å²) in [6.07, 6.45) is 0.983. The lowest BCUT2D eigenvalue weighted by atomic mass is 9.99. The fourth-order valence-corrected chi connectivity index (χ4v) is 4.43. The van der Waals surface area contributed by atoms with Crippen LogP contribution in [0, 0.1) is 0 Å². The van der Waals surface area contributed by atoms with Crippen molar-refractivity contribution >= 4 is 34.0 Å². The number of benzene rings is 2. The minimum Gasteiger partial charge on any atom is -0.497 e. The van der Waals surface area contributed by atoms with Gasteiger partial charge in [0.2, 0.25) is 0 Å². The summed E-state index contributed by atoms with van der Waals surface area (Å²) in [5.74, 6) is 1.23. The Morgan fingerprint density at radius 2 is 1.94 bits per heavy atom. The van der Waals surface area contributed by atoms with E-state index in [1.54, 1.807) is 45.2 Å². The zero-order chi connectivity index (χ0) is 22.7. The van der Waals surface area contributed by atoms with Crippen molar-refractivity contribution in [2.45, 2.75) is 39.0 Å². The molecule has 6 nitrogen and oxygen atoms in total. The zero-order valence-electron chi connectivity index (χ0n) is 18.4. The molecule has 0 aliphatic carbocycles. The number of fused-ring (bicyclic) bond motifs is 1. The first-order valence-electron chi connectivity index (χ1n) is 10.4. The van der Waals surface area contributed by atoms with Crippen LogP contribution in [0.2, 0.25) is 5.02 Å². The number of thiazole rings is 1. The Balaban J connectivity index is 1.34. The van der Waals surface area contributed by atoms with Gasteiger partial charge in [-0.3, -0.25) is 15.0 Å². The van der Waals surface area contributed by atoms with Crippen molar-refractivity contribution in [3.63, 3.8) is 0 Å². The van der Waals surface area contributed by atoms with Gasteiger partial charge in [-0.15, -0.1) is 11.3 Å². The molecule has 1 aliphatic rings. The summed E-state index contributed by atoms with van der Waals surface area (Å²) >= 11 is 7.33. The van der Waals surface area contributed by atoms with Gasteiger partial charge in [0.05, 0.1) is 12.8 Å². The summed E-state index contributed by atoms with van der Waals surface area (Å²) in [5.41, 5.74) is 2.55. The topological polar surface area (TPSA) is 63.7 Å². The minimum absolute atomic E-state index is 0.255. The number of anilines is 1. The molecule has 0 atom stereocenters. The summed E-state index contributed by atoms with van der Waals surface area (Å²) in [4.78, 5) is 19.8. The molecular formula is C24H26ClN3O3S. The van der Waals surface area contributed by atoms with Crippen LogP contribution in [0.25, 0.3) is 0 Å². The van der Waals surface area contributed by atoms with E-state index in [1.807, 2.05) is 11.4 Å². The van der Waals surface area contributed by atoms with Crippen LogP contribution < -0.4 is 14.8 Å². The minimum atomic E-state index is -1.06. The molecule has 0 saturated carbocycles. The molecule has 2 heterocycles. The van der Waals surface area contributed by atoms with Crippen molar-refractivity contribution < 1.29 is 14.3 Å². The standard InChI is InChI=1S/C24H26ClN3O3S/c1-24(2,31-20-8-5-18(25)6-9-20)22(29)27-23-26-19(15-32-23)14-28-11-10-16-12-21(30-3)7-4-17(16)13-28/h4-9,12,15H,10-11,13-14H2,1-3H3,(H,26,27,29). The molecule has 8 heteroatoms. The van der Waals surface area contributed by atoms with Crippen LogP contribution in [0.15, 0.2) is 47.8 Å². The third-order valence-corrected chi connectivity index (χ3v) is 6.45. The first-order valence-corrected chi connectivity index (χ1v) is 11.7. The van der Waals surface area contributed by atoms with Crippen LogP contribution in [0.4, 0.5) is 5.13 Å². The van der Waals surface area contributed by atoms with Crippen LogP contribution in [0.5, 0.6) is 11.5 Å². The predicted octanol–water partition coefficient (Wildman–Crippen LogP) is 5.16. The molecule has 0 bridgehead atoms. The van der Waals surface area contributed by atoms with E-state index in [-0.39, 0.29) is 5.91 Å². The summed E-state index contributed by atoms with van der Waals surface area (Å²) in [7, 11) is 1.69. The Bertz CT molecular complexity index is 1100. The third kappa shape index (κ3) is 5.41. The van der Waals surface area contributed by atoms with Gasteiger partial charge in [-0.25, -0.2) is 4.98 Å². The molecule has 168 valence electrons. The van der Waals surface area contributed by atoms with Crippen molar-refractivity contribution in [3.8, 4) is 11.5 Å². The van der Waals surface area contributed by atoms with Crippen molar-refractivity contribution in [1.82, 2.24) is 9.88 Å². The molecule has 0 radical (unpaired) electrons. The number of nitrogens with one attached hydrogen (secondary N) is 1. The number of carbonyl (C=O) groups is 1. The second-order valence-corrected chi connectivity index (χ2v) is 9.55. The van der Waals surface area contributed by atoms with Gasteiger partial charge < -0.3 is 9.47 Å².